The first-order valence-corrected chi connectivity index (χ1v) is 9.72. The highest BCUT2D eigenvalue weighted by Gasteiger charge is 2.25. The van der Waals surface area contributed by atoms with Crippen LogP contribution in [0.3, 0.4) is 0 Å². The molecule has 0 saturated carbocycles. The van der Waals surface area contributed by atoms with Crippen molar-refractivity contribution in [1.82, 2.24) is 15.5 Å². The molecule has 6 nitrogen and oxygen atoms in total. The van der Waals surface area contributed by atoms with Crippen LogP contribution in [-0.4, -0.2) is 56.8 Å². The van der Waals surface area contributed by atoms with Gasteiger partial charge < -0.3 is 19.8 Å². The third kappa shape index (κ3) is 8.26. The van der Waals surface area contributed by atoms with Crippen molar-refractivity contribution in [3.8, 4) is 0 Å². The molecule has 0 aliphatic carbocycles. The molecule has 1 aliphatic heterocycles. The third-order valence-corrected chi connectivity index (χ3v) is 4.40. The number of ether oxygens (including phenoxy) is 1. The van der Waals surface area contributed by atoms with Gasteiger partial charge in [-0.1, -0.05) is 13.3 Å². The molecule has 7 heteroatoms. The molecule has 1 fully saturated rings. The first-order valence-electron chi connectivity index (χ1n) is 9.72. The van der Waals surface area contributed by atoms with Crippen molar-refractivity contribution >= 4 is 29.9 Å². The molecule has 2 N–H and O–H groups in total. The minimum absolute atomic E-state index is 0. The number of nitrogens with zero attached hydrogens (tertiary/aromatic N) is 2. The molecule has 1 atom stereocenters. The zero-order valence-corrected chi connectivity index (χ0v) is 18.5. The molecule has 1 aromatic rings. The quantitative estimate of drug-likeness (QED) is 0.221. The van der Waals surface area contributed by atoms with E-state index in [0.717, 1.165) is 50.9 Å². The fourth-order valence-electron chi connectivity index (χ4n) is 3.03. The van der Waals surface area contributed by atoms with E-state index in [1.165, 1.54) is 19.3 Å². The van der Waals surface area contributed by atoms with Gasteiger partial charge in [0.25, 0.3) is 0 Å². The monoisotopic (exact) mass is 478 g/mol. The molecule has 1 aliphatic rings. The lowest BCUT2D eigenvalue weighted by Crippen LogP contribution is -2.40. The van der Waals surface area contributed by atoms with E-state index >= 15 is 0 Å². The van der Waals surface area contributed by atoms with Crippen molar-refractivity contribution in [2.45, 2.75) is 45.6 Å². The molecule has 26 heavy (non-hydrogen) atoms. The number of furan rings is 1. The number of nitrogens with one attached hydrogen (secondary N) is 2. The first kappa shape index (κ1) is 23.2. The second-order valence-corrected chi connectivity index (χ2v) is 6.39. The third-order valence-electron chi connectivity index (χ3n) is 4.40. The Bertz CT molecular complexity index is 476. The highest BCUT2D eigenvalue weighted by atomic mass is 127. The number of rotatable bonds is 11. The molecule has 0 amide bonds. The summed E-state index contributed by atoms with van der Waals surface area (Å²) in [6.45, 7) is 10.3. The fraction of sp³-hybridized carbons (Fsp3) is 0.737. The lowest BCUT2D eigenvalue weighted by molar-refractivity contribution is 0.136. The van der Waals surface area contributed by atoms with Gasteiger partial charge in [0, 0.05) is 19.7 Å². The highest BCUT2D eigenvalue weighted by Crippen LogP contribution is 2.25. The Balaban J connectivity index is 0.00000338. The molecule has 0 aromatic carbocycles. The summed E-state index contributed by atoms with van der Waals surface area (Å²) in [6.07, 6.45) is 6.55. The van der Waals surface area contributed by atoms with Crippen LogP contribution in [0.5, 0.6) is 0 Å². The standard InChI is InChI=1S/C19H34N4O2.HI/c1-3-5-13-24-15-10-21-19(20-4-2)22-16-17(18-9-8-14-25-18)23-11-6-7-12-23;/h8-9,14,17H,3-7,10-13,15-16H2,1-2H3,(H2,20,21,22);1H. The van der Waals surface area contributed by atoms with Crippen molar-refractivity contribution in [2.24, 2.45) is 4.99 Å². The predicted octanol–water partition coefficient (Wildman–Crippen LogP) is 3.41. The molecular formula is C19H35IN4O2. The van der Waals surface area contributed by atoms with Gasteiger partial charge in [-0.3, -0.25) is 9.89 Å². The van der Waals surface area contributed by atoms with Crippen LogP contribution >= 0.6 is 24.0 Å². The van der Waals surface area contributed by atoms with E-state index in [0.29, 0.717) is 13.2 Å². The summed E-state index contributed by atoms with van der Waals surface area (Å²) in [5.41, 5.74) is 0. The zero-order chi connectivity index (χ0) is 17.7. The van der Waals surface area contributed by atoms with E-state index in [-0.39, 0.29) is 30.0 Å². The van der Waals surface area contributed by atoms with Crippen LogP contribution in [0.2, 0.25) is 0 Å². The van der Waals surface area contributed by atoms with Crippen LogP contribution in [0.25, 0.3) is 0 Å². The van der Waals surface area contributed by atoms with Crippen molar-refractivity contribution in [1.29, 1.82) is 0 Å². The van der Waals surface area contributed by atoms with Gasteiger partial charge in [-0.2, -0.15) is 0 Å². The molecule has 2 rings (SSSR count). The van der Waals surface area contributed by atoms with Crippen LogP contribution in [0.15, 0.2) is 27.8 Å². The number of hydrogen-bond donors (Lipinski definition) is 2. The molecule has 150 valence electrons. The van der Waals surface area contributed by atoms with Gasteiger partial charge in [0.05, 0.1) is 25.5 Å². The normalized spacial score (nSPS) is 16.3. The van der Waals surface area contributed by atoms with Crippen LogP contribution < -0.4 is 10.6 Å². The number of guanidine groups is 1. The summed E-state index contributed by atoms with van der Waals surface area (Å²) < 4.78 is 11.3. The van der Waals surface area contributed by atoms with Crippen LogP contribution in [0.4, 0.5) is 0 Å². The average molecular weight is 478 g/mol. The Labute approximate surface area is 175 Å². The summed E-state index contributed by atoms with van der Waals surface area (Å²) in [4.78, 5) is 7.26. The molecule has 0 spiro atoms. The first-order chi connectivity index (χ1) is 12.3. The number of unbranched alkanes of at least 4 members (excludes halogenated alkanes) is 1. The van der Waals surface area contributed by atoms with Crippen molar-refractivity contribution in [3.05, 3.63) is 24.2 Å². The van der Waals surface area contributed by atoms with Gasteiger partial charge in [0.15, 0.2) is 5.96 Å². The summed E-state index contributed by atoms with van der Waals surface area (Å²) in [5.74, 6) is 1.85. The summed E-state index contributed by atoms with van der Waals surface area (Å²) >= 11 is 0. The zero-order valence-electron chi connectivity index (χ0n) is 16.2. The molecule has 1 unspecified atom stereocenters. The lowest BCUT2D eigenvalue weighted by atomic mass is 10.2. The van der Waals surface area contributed by atoms with Crippen LogP contribution in [0, 0.1) is 0 Å². The van der Waals surface area contributed by atoms with Gasteiger partial charge in [0.1, 0.15) is 5.76 Å². The predicted molar refractivity (Wildman–Crippen MR) is 117 cm³/mol. The smallest absolute Gasteiger partial charge is 0.191 e. The van der Waals surface area contributed by atoms with E-state index in [4.69, 9.17) is 14.1 Å². The maximum atomic E-state index is 5.66. The highest BCUT2D eigenvalue weighted by molar-refractivity contribution is 14.0. The van der Waals surface area contributed by atoms with E-state index < -0.39 is 0 Å². The van der Waals surface area contributed by atoms with Gasteiger partial charge >= 0.3 is 0 Å². The molecular weight excluding hydrogens is 443 g/mol. The molecule has 0 radical (unpaired) electrons. The van der Waals surface area contributed by atoms with E-state index in [1.54, 1.807) is 6.26 Å². The topological polar surface area (TPSA) is 62.0 Å². The Morgan fingerprint density at radius 1 is 1.27 bits per heavy atom. The Hall–Kier alpha value is -0.800. The number of halogens is 1. The number of hydrogen-bond acceptors (Lipinski definition) is 4. The van der Waals surface area contributed by atoms with Crippen molar-refractivity contribution in [2.75, 3.05) is 45.9 Å². The van der Waals surface area contributed by atoms with Gasteiger partial charge in [-0.25, -0.2) is 0 Å². The summed E-state index contributed by atoms with van der Waals surface area (Å²) in [7, 11) is 0. The fourth-order valence-corrected chi connectivity index (χ4v) is 3.03. The second kappa shape index (κ2) is 14.3. The Kier molecular flexibility index (Phi) is 12.8. The number of likely N-dealkylation sites (tertiary alicyclic amines) is 1. The number of aliphatic imine (C=N–C) groups is 1. The molecule has 1 aromatic heterocycles. The summed E-state index contributed by atoms with van der Waals surface area (Å²) in [5, 5.41) is 6.66. The van der Waals surface area contributed by atoms with E-state index in [9.17, 15) is 0 Å². The Morgan fingerprint density at radius 2 is 2.08 bits per heavy atom. The van der Waals surface area contributed by atoms with E-state index in [2.05, 4.69) is 35.4 Å². The average Bonchev–Trinajstić information content (AvgIpc) is 3.32. The van der Waals surface area contributed by atoms with Crippen LogP contribution in [0.1, 0.15) is 51.3 Å². The van der Waals surface area contributed by atoms with Crippen LogP contribution in [-0.2, 0) is 4.74 Å². The maximum Gasteiger partial charge on any atom is 0.191 e. The van der Waals surface area contributed by atoms with Gasteiger partial charge in [-0.15, -0.1) is 24.0 Å². The molecule has 0 bridgehead atoms. The molecule has 1 saturated heterocycles. The minimum Gasteiger partial charge on any atom is -0.468 e. The summed E-state index contributed by atoms with van der Waals surface area (Å²) in [6, 6.07) is 4.23. The van der Waals surface area contributed by atoms with Gasteiger partial charge in [0.2, 0.25) is 0 Å². The largest absolute Gasteiger partial charge is 0.468 e. The second-order valence-electron chi connectivity index (χ2n) is 6.39. The molecule has 2 heterocycles. The minimum atomic E-state index is 0. The maximum absolute atomic E-state index is 5.66. The van der Waals surface area contributed by atoms with Crippen molar-refractivity contribution in [3.63, 3.8) is 0 Å². The van der Waals surface area contributed by atoms with Crippen molar-refractivity contribution < 1.29 is 9.15 Å². The van der Waals surface area contributed by atoms with Gasteiger partial charge in [-0.05, 0) is 51.4 Å². The lowest BCUT2D eigenvalue weighted by Gasteiger charge is -2.24. The van der Waals surface area contributed by atoms with E-state index in [1.807, 2.05) is 6.07 Å². The SMILES string of the molecule is CCCCOCCNC(=NCC(c1ccco1)N1CCCC1)NCC.I. The Morgan fingerprint density at radius 3 is 2.73 bits per heavy atom.